The van der Waals surface area contributed by atoms with Crippen LogP contribution in [0.25, 0.3) is 0 Å². The van der Waals surface area contributed by atoms with Crippen molar-refractivity contribution in [2.24, 2.45) is 16.9 Å². The van der Waals surface area contributed by atoms with E-state index in [9.17, 15) is 19.6 Å². The molecule has 8 heteroatoms. The number of nitriles is 1. The molecule has 2 atom stereocenters. The molecule has 41 heavy (non-hydrogen) atoms. The minimum Gasteiger partial charge on any atom is -0.398 e. The smallest absolute Gasteiger partial charge is 0.273 e. The topological polar surface area (TPSA) is 129 Å². The van der Waals surface area contributed by atoms with Crippen LogP contribution in [-0.4, -0.2) is 23.9 Å². The van der Waals surface area contributed by atoms with E-state index in [0.717, 1.165) is 22.3 Å². The van der Waals surface area contributed by atoms with Crippen molar-refractivity contribution in [2.45, 2.75) is 11.3 Å². The number of hydrazone groups is 1. The van der Waals surface area contributed by atoms with Crippen LogP contribution in [0.2, 0.25) is 0 Å². The molecule has 2 bridgehead atoms. The standard InChI is InChI=1S/C33H23N5O3/c34-17-19-9-1-8-16-26(19)38-31(40)28-27-20-10-2-5-13-23(20)33(29(28)32(38)41,24-14-6-3-11-21(24)27)18-36-37-30(39)22-12-4-7-15-25(22)35/h1-16,18,27-29H,35H2,(H,37,39)/b36-18-/t27?,28-,29+,33?/m0/s1. The van der Waals surface area contributed by atoms with Crippen LogP contribution in [0, 0.1) is 23.2 Å². The Morgan fingerprint density at radius 3 is 2.17 bits per heavy atom. The van der Waals surface area contributed by atoms with Gasteiger partial charge in [0.2, 0.25) is 11.8 Å². The molecule has 3 N–H and O–H groups in total. The fraction of sp³-hybridized carbons (Fsp3) is 0.121. The van der Waals surface area contributed by atoms with Crippen LogP contribution in [0.1, 0.15) is 44.1 Å². The van der Waals surface area contributed by atoms with Gasteiger partial charge in [0.05, 0.1) is 34.1 Å². The molecule has 1 saturated heterocycles. The van der Waals surface area contributed by atoms with Gasteiger partial charge in [-0.1, -0.05) is 72.8 Å². The molecule has 4 aliphatic rings. The molecule has 0 radical (unpaired) electrons. The first-order valence-corrected chi connectivity index (χ1v) is 13.2. The number of nitrogen functional groups attached to an aromatic ring is 1. The lowest BCUT2D eigenvalue weighted by Gasteiger charge is -2.52. The van der Waals surface area contributed by atoms with Gasteiger partial charge in [-0.15, -0.1) is 0 Å². The zero-order chi connectivity index (χ0) is 28.3. The van der Waals surface area contributed by atoms with Crippen LogP contribution in [-0.2, 0) is 15.0 Å². The quantitative estimate of drug-likeness (QED) is 0.175. The minimum atomic E-state index is -1.15. The highest BCUT2D eigenvalue weighted by Crippen LogP contribution is 2.63. The molecule has 0 aromatic heterocycles. The third kappa shape index (κ3) is 3.26. The van der Waals surface area contributed by atoms with Crippen LogP contribution >= 0.6 is 0 Å². The summed E-state index contributed by atoms with van der Waals surface area (Å²) in [6, 6.07) is 31.0. The molecule has 4 aromatic rings. The molecule has 8 nitrogen and oxygen atoms in total. The molecule has 0 unspecified atom stereocenters. The molecule has 3 amide bonds. The number of hydrogen-bond acceptors (Lipinski definition) is 6. The fourth-order valence-electron chi connectivity index (χ4n) is 7.01. The largest absolute Gasteiger partial charge is 0.398 e. The van der Waals surface area contributed by atoms with E-state index in [-0.39, 0.29) is 28.6 Å². The van der Waals surface area contributed by atoms with Crippen molar-refractivity contribution >= 4 is 35.3 Å². The Labute approximate surface area is 235 Å². The maximum Gasteiger partial charge on any atom is 0.273 e. The lowest BCUT2D eigenvalue weighted by atomic mass is 9.47. The predicted octanol–water partition coefficient (Wildman–Crippen LogP) is 4.11. The highest BCUT2D eigenvalue weighted by Gasteiger charge is 2.68. The van der Waals surface area contributed by atoms with E-state index >= 15 is 0 Å². The SMILES string of the molecule is N#Cc1ccccc1N1C(=O)[C@H]2C3c4ccccc4C(/C=N\NC(=O)c4ccccc4N)(c4ccccc43)[C@H]2C1=O. The molecule has 198 valence electrons. The summed E-state index contributed by atoms with van der Waals surface area (Å²) in [5.41, 5.74) is 12.1. The summed E-state index contributed by atoms with van der Waals surface area (Å²) in [4.78, 5) is 42.8. The summed E-state index contributed by atoms with van der Waals surface area (Å²) < 4.78 is 0. The molecule has 1 aliphatic heterocycles. The molecule has 3 aliphatic carbocycles. The molecule has 0 spiro atoms. The van der Waals surface area contributed by atoms with Gasteiger partial charge in [0, 0.05) is 17.8 Å². The van der Waals surface area contributed by atoms with Crippen LogP contribution in [0.15, 0.2) is 102 Å². The predicted molar refractivity (Wildman–Crippen MR) is 153 cm³/mol. The van der Waals surface area contributed by atoms with E-state index in [1.54, 1.807) is 54.7 Å². The molecule has 1 heterocycles. The summed E-state index contributed by atoms with van der Waals surface area (Å²) in [6.45, 7) is 0. The summed E-state index contributed by atoms with van der Waals surface area (Å²) in [5.74, 6) is -3.14. The van der Waals surface area contributed by atoms with Crippen molar-refractivity contribution in [3.8, 4) is 6.07 Å². The summed E-state index contributed by atoms with van der Waals surface area (Å²) in [5, 5.41) is 14.2. The fourth-order valence-corrected chi connectivity index (χ4v) is 7.01. The molecule has 8 rings (SSSR count). The lowest BCUT2D eigenvalue weighted by Crippen LogP contribution is -2.54. The van der Waals surface area contributed by atoms with Gasteiger partial charge in [0.1, 0.15) is 6.07 Å². The Balaban J connectivity index is 1.42. The van der Waals surface area contributed by atoms with Gasteiger partial charge in [-0.05, 0) is 46.5 Å². The second kappa shape index (κ2) is 9.00. The Bertz CT molecular complexity index is 1810. The molecular formula is C33H23N5O3. The third-order valence-corrected chi connectivity index (χ3v) is 8.59. The van der Waals surface area contributed by atoms with Gasteiger partial charge in [-0.2, -0.15) is 10.4 Å². The maximum atomic E-state index is 14.4. The highest BCUT2D eigenvalue weighted by atomic mass is 16.2. The van der Waals surface area contributed by atoms with Crippen LogP contribution in [0.5, 0.6) is 0 Å². The zero-order valence-corrected chi connectivity index (χ0v) is 21.7. The van der Waals surface area contributed by atoms with E-state index in [0.29, 0.717) is 5.69 Å². The monoisotopic (exact) mass is 537 g/mol. The number of carbonyl (C=O) groups is 3. The average molecular weight is 538 g/mol. The first kappa shape index (κ1) is 24.5. The number of nitrogens with zero attached hydrogens (tertiary/aromatic N) is 3. The van der Waals surface area contributed by atoms with Gasteiger partial charge >= 0.3 is 0 Å². The molecule has 1 fully saturated rings. The summed E-state index contributed by atoms with van der Waals surface area (Å²) in [7, 11) is 0. The Kier molecular flexibility index (Phi) is 5.37. The van der Waals surface area contributed by atoms with E-state index in [2.05, 4.69) is 16.6 Å². The number of anilines is 2. The first-order valence-electron chi connectivity index (χ1n) is 13.2. The number of nitrogens with one attached hydrogen (secondary N) is 1. The average Bonchev–Trinajstić information content (AvgIpc) is 3.27. The van der Waals surface area contributed by atoms with Crippen molar-refractivity contribution in [1.29, 1.82) is 5.26 Å². The molecular weight excluding hydrogens is 514 g/mol. The van der Waals surface area contributed by atoms with Crippen molar-refractivity contribution in [2.75, 3.05) is 10.6 Å². The van der Waals surface area contributed by atoms with E-state index in [1.807, 2.05) is 48.5 Å². The maximum absolute atomic E-state index is 14.4. The number of imide groups is 1. The zero-order valence-electron chi connectivity index (χ0n) is 21.7. The molecule has 4 aromatic carbocycles. The van der Waals surface area contributed by atoms with Crippen molar-refractivity contribution < 1.29 is 14.4 Å². The summed E-state index contributed by atoms with van der Waals surface area (Å²) >= 11 is 0. The second-order valence-corrected chi connectivity index (χ2v) is 10.5. The van der Waals surface area contributed by atoms with Crippen LogP contribution in [0.4, 0.5) is 11.4 Å². The van der Waals surface area contributed by atoms with E-state index in [1.165, 1.54) is 4.90 Å². The highest BCUT2D eigenvalue weighted by molar-refractivity contribution is 6.25. The number of carbonyl (C=O) groups excluding carboxylic acids is 3. The number of nitrogens with two attached hydrogens (primary N) is 1. The number of hydrogen-bond donors (Lipinski definition) is 2. The van der Waals surface area contributed by atoms with Gasteiger partial charge in [0.25, 0.3) is 5.91 Å². The Morgan fingerprint density at radius 2 is 1.49 bits per heavy atom. The van der Waals surface area contributed by atoms with Gasteiger partial charge in [-0.3, -0.25) is 14.4 Å². The minimum absolute atomic E-state index is 0.241. The summed E-state index contributed by atoms with van der Waals surface area (Å²) in [6.07, 6.45) is 1.60. The van der Waals surface area contributed by atoms with Crippen molar-refractivity contribution in [1.82, 2.24) is 5.43 Å². The second-order valence-electron chi connectivity index (χ2n) is 10.5. The number of amides is 3. The Morgan fingerprint density at radius 1 is 0.878 bits per heavy atom. The normalized spacial score (nSPS) is 23.6. The van der Waals surface area contributed by atoms with Crippen molar-refractivity contribution in [3.05, 3.63) is 130 Å². The van der Waals surface area contributed by atoms with Gasteiger partial charge < -0.3 is 5.73 Å². The van der Waals surface area contributed by atoms with Gasteiger partial charge in [0.15, 0.2) is 0 Å². The van der Waals surface area contributed by atoms with Crippen LogP contribution in [0.3, 0.4) is 0 Å². The lowest BCUT2D eigenvalue weighted by molar-refractivity contribution is -0.122. The van der Waals surface area contributed by atoms with Crippen molar-refractivity contribution in [3.63, 3.8) is 0 Å². The number of para-hydroxylation sites is 2. The van der Waals surface area contributed by atoms with Crippen LogP contribution < -0.4 is 16.1 Å². The Hall–Kier alpha value is -5.55. The molecule has 0 saturated carbocycles. The number of rotatable bonds is 4. The number of benzene rings is 4. The van der Waals surface area contributed by atoms with E-state index < -0.39 is 29.1 Å². The van der Waals surface area contributed by atoms with E-state index in [4.69, 9.17) is 5.73 Å². The first-order chi connectivity index (χ1) is 20.0. The van der Waals surface area contributed by atoms with Gasteiger partial charge in [-0.25, -0.2) is 10.3 Å². The third-order valence-electron chi connectivity index (χ3n) is 8.59.